The van der Waals surface area contributed by atoms with E-state index < -0.39 is 6.04 Å². The number of esters is 1. The van der Waals surface area contributed by atoms with E-state index in [1.54, 1.807) is 4.57 Å². The number of ether oxygens (including phenoxy) is 1. The van der Waals surface area contributed by atoms with E-state index in [1.165, 1.54) is 7.11 Å². The van der Waals surface area contributed by atoms with Crippen LogP contribution in [-0.4, -0.2) is 33.8 Å². The fraction of sp³-hybridized carbons (Fsp3) is 0.412. The lowest BCUT2D eigenvalue weighted by atomic mass is 10.0. The Labute approximate surface area is 151 Å². The van der Waals surface area contributed by atoms with Crippen molar-refractivity contribution in [1.82, 2.24) is 20.1 Å². The molecule has 0 radical (unpaired) electrons. The third-order valence-electron chi connectivity index (χ3n) is 3.75. The van der Waals surface area contributed by atoms with Crippen LogP contribution in [0.3, 0.4) is 0 Å². The molecule has 8 heteroatoms. The van der Waals surface area contributed by atoms with Gasteiger partial charge in [0.1, 0.15) is 12.4 Å². The number of aromatic amines is 1. The molecule has 0 fully saturated rings. The number of methoxy groups -OCH3 is 1. The summed E-state index contributed by atoms with van der Waals surface area (Å²) < 4.78 is 6.81. The van der Waals surface area contributed by atoms with Crippen molar-refractivity contribution in [3.63, 3.8) is 0 Å². The normalized spacial score (nSPS) is 11.8. The van der Waals surface area contributed by atoms with Gasteiger partial charge in [-0.25, -0.2) is 0 Å². The summed E-state index contributed by atoms with van der Waals surface area (Å²) in [4.78, 5) is 24.2. The Bertz CT molecular complexity index is 770. The maximum Gasteiger partial charge on any atom is 0.307 e. The molecule has 25 heavy (non-hydrogen) atoms. The second-order valence-corrected chi connectivity index (χ2v) is 5.98. The summed E-state index contributed by atoms with van der Waals surface area (Å²) in [7, 11) is 1.33. The van der Waals surface area contributed by atoms with Crippen molar-refractivity contribution in [2.75, 3.05) is 7.11 Å². The first kappa shape index (κ1) is 18.9. The first-order valence-corrected chi connectivity index (χ1v) is 8.51. The van der Waals surface area contributed by atoms with Gasteiger partial charge in [0.25, 0.3) is 0 Å². The Balaban J connectivity index is 2.13. The molecule has 0 aliphatic rings. The van der Waals surface area contributed by atoms with Crippen LogP contribution in [-0.2, 0) is 27.3 Å². The first-order chi connectivity index (χ1) is 12.0. The molecule has 1 unspecified atom stereocenters. The number of H-pyrrole nitrogens is 1. The predicted molar refractivity (Wildman–Crippen MR) is 95.4 cm³/mol. The van der Waals surface area contributed by atoms with E-state index >= 15 is 0 Å². The Hall–Kier alpha value is -2.48. The molecule has 1 heterocycles. The van der Waals surface area contributed by atoms with Gasteiger partial charge in [-0.05, 0) is 24.2 Å². The maximum absolute atomic E-state index is 12.5. The summed E-state index contributed by atoms with van der Waals surface area (Å²) >= 11 is 5.19. The molecule has 0 saturated heterocycles. The van der Waals surface area contributed by atoms with E-state index in [-0.39, 0.29) is 24.8 Å². The summed E-state index contributed by atoms with van der Waals surface area (Å²) in [6, 6.07) is 8.85. The average Bonchev–Trinajstić information content (AvgIpc) is 2.95. The Kier molecular flexibility index (Phi) is 6.88. The Morgan fingerprint density at radius 1 is 1.36 bits per heavy atom. The van der Waals surface area contributed by atoms with Crippen LogP contribution < -0.4 is 5.32 Å². The summed E-state index contributed by atoms with van der Waals surface area (Å²) in [6.07, 6.45) is 1.69. The molecule has 7 nitrogen and oxygen atoms in total. The summed E-state index contributed by atoms with van der Waals surface area (Å²) in [5.74, 6) is 0.111. The maximum atomic E-state index is 12.5. The number of aromatic nitrogens is 3. The van der Waals surface area contributed by atoms with Crippen molar-refractivity contribution in [1.29, 1.82) is 0 Å². The van der Waals surface area contributed by atoms with E-state index in [0.29, 0.717) is 4.77 Å². The Morgan fingerprint density at radius 3 is 2.72 bits per heavy atom. The number of nitrogens with one attached hydrogen (secondary N) is 2. The number of amides is 1. The topological polar surface area (TPSA) is 89.0 Å². The molecule has 0 spiro atoms. The molecule has 1 aromatic heterocycles. The third kappa shape index (κ3) is 5.25. The highest BCUT2D eigenvalue weighted by Gasteiger charge is 2.19. The van der Waals surface area contributed by atoms with Gasteiger partial charge < -0.3 is 10.1 Å². The van der Waals surface area contributed by atoms with Crippen molar-refractivity contribution in [3.05, 3.63) is 46.5 Å². The van der Waals surface area contributed by atoms with Crippen molar-refractivity contribution >= 4 is 24.1 Å². The van der Waals surface area contributed by atoms with Gasteiger partial charge in [0.2, 0.25) is 5.91 Å². The lowest BCUT2D eigenvalue weighted by Crippen LogP contribution is -2.33. The zero-order valence-electron chi connectivity index (χ0n) is 14.3. The zero-order valence-corrected chi connectivity index (χ0v) is 15.1. The van der Waals surface area contributed by atoms with Gasteiger partial charge in [-0.2, -0.15) is 5.10 Å². The van der Waals surface area contributed by atoms with Gasteiger partial charge in [-0.15, -0.1) is 0 Å². The number of benzene rings is 1. The van der Waals surface area contributed by atoms with Crippen LogP contribution in [0.25, 0.3) is 0 Å². The third-order valence-corrected chi connectivity index (χ3v) is 4.06. The molecular weight excluding hydrogens is 340 g/mol. The summed E-state index contributed by atoms with van der Waals surface area (Å²) in [5.41, 5.74) is 0.839. The van der Waals surface area contributed by atoms with Crippen LogP contribution >= 0.6 is 12.2 Å². The fourth-order valence-corrected chi connectivity index (χ4v) is 2.71. The predicted octanol–water partition coefficient (Wildman–Crippen LogP) is 2.31. The highest BCUT2D eigenvalue weighted by molar-refractivity contribution is 7.71. The zero-order chi connectivity index (χ0) is 18.2. The smallest absolute Gasteiger partial charge is 0.307 e. The highest BCUT2D eigenvalue weighted by Crippen LogP contribution is 2.17. The molecule has 1 amide bonds. The SMILES string of the molecule is CCCc1n[nH]c(=S)n1CC(=O)NC(CC(=O)OC)c1ccccc1. The van der Waals surface area contributed by atoms with E-state index in [2.05, 4.69) is 15.5 Å². The van der Waals surface area contributed by atoms with Crippen molar-refractivity contribution < 1.29 is 14.3 Å². The van der Waals surface area contributed by atoms with Gasteiger partial charge in [-0.3, -0.25) is 19.3 Å². The fourth-order valence-electron chi connectivity index (χ4n) is 2.50. The summed E-state index contributed by atoms with van der Waals surface area (Å²) in [6.45, 7) is 2.08. The molecule has 2 aromatic rings. The lowest BCUT2D eigenvalue weighted by molar-refractivity contribution is -0.141. The minimum absolute atomic E-state index is 0.0508. The molecule has 2 N–H and O–H groups in total. The second kappa shape index (κ2) is 9.12. The van der Waals surface area contributed by atoms with Crippen LogP contribution in [0.5, 0.6) is 0 Å². The summed E-state index contributed by atoms with van der Waals surface area (Å²) in [5, 5.41) is 9.75. The standard InChI is InChI=1S/C17H22N4O3S/c1-3-7-14-19-20-17(25)21(14)11-15(22)18-13(10-16(23)24-2)12-8-5-4-6-9-12/h4-6,8-9,13H,3,7,10-11H2,1-2H3,(H,18,22)(H,20,25). The monoisotopic (exact) mass is 362 g/mol. The molecule has 0 aliphatic heterocycles. The van der Waals surface area contributed by atoms with Gasteiger partial charge in [-0.1, -0.05) is 37.3 Å². The average molecular weight is 362 g/mol. The van der Waals surface area contributed by atoms with Gasteiger partial charge in [0.05, 0.1) is 19.6 Å². The highest BCUT2D eigenvalue weighted by atomic mass is 32.1. The van der Waals surface area contributed by atoms with Crippen LogP contribution in [0.4, 0.5) is 0 Å². The molecule has 2 rings (SSSR count). The minimum Gasteiger partial charge on any atom is -0.469 e. The van der Waals surface area contributed by atoms with E-state index in [4.69, 9.17) is 17.0 Å². The number of rotatable bonds is 8. The van der Waals surface area contributed by atoms with Crippen molar-refractivity contribution in [2.24, 2.45) is 0 Å². The Morgan fingerprint density at radius 2 is 2.08 bits per heavy atom. The largest absolute Gasteiger partial charge is 0.469 e. The molecule has 0 bridgehead atoms. The quantitative estimate of drug-likeness (QED) is 0.556. The number of hydrogen-bond donors (Lipinski definition) is 2. The number of carbonyl (C=O) groups is 2. The molecule has 0 aliphatic carbocycles. The number of hydrogen-bond acceptors (Lipinski definition) is 5. The van der Waals surface area contributed by atoms with Gasteiger partial charge >= 0.3 is 5.97 Å². The van der Waals surface area contributed by atoms with E-state index in [9.17, 15) is 9.59 Å². The molecule has 0 saturated carbocycles. The van der Waals surface area contributed by atoms with Crippen LogP contribution in [0.1, 0.15) is 37.2 Å². The molecular formula is C17H22N4O3S. The number of nitrogens with zero attached hydrogens (tertiary/aromatic N) is 2. The van der Waals surface area contributed by atoms with Crippen LogP contribution in [0.2, 0.25) is 0 Å². The second-order valence-electron chi connectivity index (χ2n) is 5.59. The van der Waals surface area contributed by atoms with Gasteiger partial charge in [0, 0.05) is 6.42 Å². The first-order valence-electron chi connectivity index (χ1n) is 8.10. The van der Waals surface area contributed by atoms with Gasteiger partial charge in [0.15, 0.2) is 4.77 Å². The van der Waals surface area contributed by atoms with E-state index in [1.807, 2.05) is 37.3 Å². The van der Waals surface area contributed by atoms with E-state index in [0.717, 1.165) is 24.2 Å². The van der Waals surface area contributed by atoms with Crippen LogP contribution in [0, 0.1) is 4.77 Å². The number of carbonyl (C=O) groups excluding carboxylic acids is 2. The molecule has 1 atom stereocenters. The van der Waals surface area contributed by atoms with Crippen molar-refractivity contribution in [3.8, 4) is 0 Å². The molecule has 1 aromatic carbocycles. The van der Waals surface area contributed by atoms with Crippen LogP contribution in [0.15, 0.2) is 30.3 Å². The molecule has 134 valence electrons. The lowest BCUT2D eigenvalue weighted by Gasteiger charge is -2.18. The van der Waals surface area contributed by atoms with Crippen molar-refractivity contribution in [2.45, 2.75) is 38.8 Å². The minimum atomic E-state index is -0.461. The number of aryl methyl sites for hydroxylation is 1.